The van der Waals surface area contributed by atoms with E-state index in [9.17, 15) is 4.79 Å². The zero-order chi connectivity index (χ0) is 23.0. The molecule has 1 saturated heterocycles. The molecule has 0 radical (unpaired) electrons. The molecule has 1 fully saturated rings. The summed E-state index contributed by atoms with van der Waals surface area (Å²) in [5.74, 6) is 0.939. The highest BCUT2D eigenvalue weighted by molar-refractivity contribution is 6.10. The largest absolute Gasteiger partial charge is 0.497 e. The van der Waals surface area contributed by atoms with E-state index in [-0.39, 0.29) is 11.3 Å². The SMILES string of the molecule is COc1cccc(NC(=NCCN2CCOCC2)NC(=O)c2ccc(C(C)(C)C)cc2)c1. The van der Waals surface area contributed by atoms with Gasteiger partial charge in [0.2, 0.25) is 5.96 Å². The Labute approximate surface area is 190 Å². The average molecular weight is 439 g/mol. The highest BCUT2D eigenvalue weighted by Crippen LogP contribution is 2.22. The van der Waals surface area contributed by atoms with Crippen LogP contribution in [0.2, 0.25) is 0 Å². The summed E-state index contributed by atoms with van der Waals surface area (Å²) in [5.41, 5.74) is 2.60. The molecule has 0 saturated carbocycles. The van der Waals surface area contributed by atoms with Crippen molar-refractivity contribution in [2.75, 3.05) is 51.8 Å². The van der Waals surface area contributed by atoms with E-state index in [1.165, 1.54) is 5.56 Å². The number of carbonyl (C=O) groups is 1. The Bertz CT molecular complexity index is 914. The van der Waals surface area contributed by atoms with Gasteiger partial charge in [-0.05, 0) is 35.2 Å². The van der Waals surface area contributed by atoms with Crippen molar-refractivity contribution in [2.24, 2.45) is 4.99 Å². The number of hydrogen-bond donors (Lipinski definition) is 2. The molecule has 1 aliphatic heterocycles. The number of carbonyl (C=O) groups excluding carboxylic acids is 1. The van der Waals surface area contributed by atoms with Crippen LogP contribution in [0.1, 0.15) is 36.7 Å². The number of benzene rings is 2. The molecule has 3 rings (SSSR count). The van der Waals surface area contributed by atoms with Crippen molar-refractivity contribution in [2.45, 2.75) is 26.2 Å². The van der Waals surface area contributed by atoms with Gasteiger partial charge in [-0.2, -0.15) is 0 Å². The second-order valence-electron chi connectivity index (χ2n) is 8.82. The molecule has 1 aliphatic rings. The number of aliphatic imine (C=N–C) groups is 1. The highest BCUT2D eigenvalue weighted by atomic mass is 16.5. The first-order valence-electron chi connectivity index (χ1n) is 11.0. The van der Waals surface area contributed by atoms with Crippen LogP contribution >= 0.6 is 0 Å². The number of guanidine groups is 1. The third-order valence-electron chi connectivity index (χ3n) is 5.37. The lowest BCUT2D eigenvalue weighted by atomic mass is 9.87. The number of hydrogen-bond acceptors (Lipinski definition) is 5. The number of nitrogens with one attached hydrogen (secondary N) is 2. The van der Waals surface area contributed by atoms with Crippen LogP contribution in [-0.2, 0) is 10.2 Å². The van der Waals surface area contributed by atoms with Crippen molar-refractivity contribution in [3.63, 3.8) is 0 Å². The zero-order valence-corrected chi connectivity index (χ0v) is 19.5. The van der Waals surface area contributed by atoms with E-state index in [0.717, 1.165) is 44.3 Å². The van der Waals surface area contributed by atoms with E-state index in [4.69, 9.17) is 9.47 Å². The zero-order valence-electron chi connectivity index (χ0n) is 19.5. The van der Waals surface area contributed by atoms with Gasteiger partial charge in [-0.1, -0.05) is 39.0 Å². The number of ether oxygens (including phenoxy) is 2. The monoisotopic (exact) mass is 438 g/mol. The van der Waals surface area contributed by atoms with Crippen molar-refractivity contribution >= 4 is 17.6 Å². The summed E-state index contributed by atoms with van der Waals surface area (Å²) < 4.78 is 10.7. The number of anilines is 1. The molecule has 1 amide bonds. The Morgan fingerprint density at radius 2 is 1.84 bits per heavy atom. The van der Waals surface area contributed by atoms with Gasteiger partial charge in [0.25, 0.3) is 5.91 Å². The lowest BCUT2D eigenvalue weighted by Crippen LogP contribution is -2.39. The summed E-state index contributed by atoms with van der Waals surface area (Å²) in [6.07, 6.45) is 0. The van der Waals surface area contributed by atoms with Crippen molar-refractivity contribution in [3.8, 4) is 5.75 Å². The maximum absolute atomic E-state index is 12.9. The van der Waals surface area contributed by atoms with Crippen LogP contribution in [0, 0.1) is 0 Å². The van der Waals surface area contributed by atoms with Crippen molar-refractivity contribution < 1.29 is 14.3 Å². The van der Waals surface area contributed by atoms with Crippen LogP contribution in [-0.4, -0.2) is 63.3 Å². The minimum Gasteiger partial charge on any atom is -0.497 e. The minimum atomic E-state index is -0.203. The fraction of sp³-hybridized carbons (Fsp3) is 0.440. The van der Waals surface area contributed by atoms with E-state index < -0.39 is 0 Å². The molecule has 0 aliphatic carbocycles. The number of nitrogens with zero attached hydrogens (tertiary/aromatic N) is 2. The molecule has 2 N–H and O–H groups in total. The van der Waals surface area contributed by atoms with E-state index in [1.54, 1.807) is 7.11 Å². The van der Waals surface area contributed by atoms with Crippen LogP contribution in [0.3, 0.4) is 0 Å². The predicted molar refractivity (Wildman–Crippen MR) is 129 cm³/mol. The summed E-state index contributed by atoms with van der Waals surface area (Å²) in [4.78, 5) is 19.9. The Morgan fingerprint density at radius 1 is 1.12 bits per heavy atom. The first-order chi connectivity index (χ1) is 15.3. The van der Waals surface area contributed by atoms with Gasteiger partial charge in [-0.3, -0.25) is 20.0 Å². The molecule has 7 nitrogen and oxygen atoms in total. The van der Waals surface area contributed by atoms with Gasteiger partial charge in [-0.25, -0.2) is 0 Å². The molecule has 0 spiro atoms. The molecule has 0 bridgehead atoms. The van der Waals surface area contributed by atoms with E-state index in [2.05, 4.69) is 41.3 Å². The molecule has 172 valence electrons. The van der Waals surface area contributed by atoms with Crippen LogP contribution in [0.15, 0.2) is 53.5 Å². The Morgan fingerprint density at radius 3 is 2.50 bits per heavy atom. The fourth-order valence-electron chi connectivity index (χ4n) is 3.38. The Kier molecular flexibility index (Phi) is 8.25. The van der Waals surface area contributed by atoms with Crippen LogP contribution < -0.4 is 15.4 Å². The molecular weight excluding hydrogens is 404 g/mol. The topological polar surface area (TPSA) is 75.2 Å². The number of methoxy groups -OCH3 is 1. The van der Waals surface area contributed by atoms with E-state index in [0.29, 0.717) is 18.1 Å². The van der Waals surface area contributed by atoms with Crippen molar-refractivity contribution in [1.82, 2.24) is 10.2 Å². The maximum Gasteiger partial charge on any atom is 0.257 e. The summed E-state index contributed by atoms with van der Waals surface area (Å²) in [6, 6.07) is 15.2. The maximum atomic E-state index is 12.9. The van der Waals surface area contributed by atoms with Crippen molar-refractivity contribution in [1.29, 1.82) is 0 Å². The van der Waals surface area contributed by atoms with Gasteiger partial charge in [0.15, 0.2) is 0 Å². The minimum absolute atomic E-state index is 0.0367. The lowest BCUT2D eigenvalue weighted by molar-refractivity contribution is 0.0394. The van der Waals surface area contributed by atoms with Crippen LogP contribution in [0.5, 0.6) is 5.75 Å². The third-order valence-corrected chi connectivity index (χ3v) is 5.37. The molecule has 0 unspecified atom stereocenters. The normalized spacial score (nSPS) is 15.3. The fourth-order valence-corrected chi connectivity index (χ4v) is 3.38. The number of rotatable bonds is 6. The molecule has 0 aromatic heterocycles. The predicted octanol–water partition coefficient (Wildman–Crippen LogP) is 3.52. The number of morpholine rings is 1. The molecule has 32 heavy (non-hydrogen) atoms. The molecule has 2 aromatic rings. The Hall–Kier alpha value is -2.90. The van der Waals surface area contributed by atoms with Crippen LogP contribution in [0.25, 0.3) is 0 Å². The standard InChI is InChI=1S/C25H34N4O3/c1-25(2,3)20-10-8-19(9-11-20)23(30)28-24(26-12-13-29-14-16-32-17-15-29)27-21-6-5-7-22(18-21)31-4/h5-11,18H,12-17H2,1-4H3,(H2,26,27,28,30). The molecule has 2 aromatic carbocycles. The smallest absolute Gasteiger partial charge is 0.257 e. The van der Waals surface area contributed by atoms with Gasteiger partial charge < -0.3 is 14.8 Å². The van der Waals surface area contributed by atoms with E-state index in [1.807, 2.05) is 48.5 Å². The summed E-state index contributed by atoms with van der Waals surface area (Å²) in [5, 5.41) is 6.15. The van der Waals surface area contributed by atoms with Crippen LogP contribution in [0.4, 0.5) is 5.69 Å². The van der Waals surface area contributed by atoms with Gasteiger partial charge in [0, 0.05) is 37.0 Å². The third kappa shape index (κ3) is 7.07. The molecule has 0 atom stereocenters. The molecule has 1 heterocycles. The highest BCUT2D eigenvalue weighted by Gasteiger charge is 2.15. The number of amides is 1. The summed E-state index contributed by atoms with van der Waals surface area (Å²) in [7, 11) is 1.62. The average Bonchev–Trinajstić information content (AvgIpc) is 2.79. The van der Waals surface area contributed by atoms with E-state index >= 15 is 0 Å². The Balaban J connectivity index is 1.71. The molecular formula is C25H34N4O3. The first-order valence-corrected chi connectivity index (χ1v) is 11.0. The van der Waals surface area contributed by atoms with Crippen molar-refractivity contribution in [3.05, 3.63) is 59.7 Å². The summed E-state index contributed by atoms with van der Waals surface area (Å²) in [6.45, 7) is 11.1. The lowest BCUT2D eigenvalue weighted by Gasteiger charge is -2.25. The second-order valence-corrected chi connectivity index (χ2v) is 8.82. The van der Waals surface area contributed by atoms with Gasteiger partial charge in [0.05, 0.1) is 26.9 Å². The second kappa shape index (κ2) is 11.1. The first kappa shape index (κ1) is 23.8. The summed E-state index contributed by atoms with van der Waals surface area (Å²) >= 11 is 0. The quantitative estimate of drug-likeness (QED) is 0.533. The van der Waals surface area contributed by atoms with Gasteiger partial charge in [-0.15, -0.1) is 0 Å². The molecule has 7 heteroatoms. The van der Waals surface area contributed by atoms with Gasteiger partial charge >= 0.3 is 0 Å². The van der Waals surface area contributed by atoms with Gasteiger partial charge in [0.1, 0.15) is 5.75 Å².